The molecule has 0 aromatic heterocycles. The van der Waals surface area contributed by atoms with Crippen molar-refractivity contribution in [2.75, 3.05) is 25.1 Å². The van der Waals surface area contributed by atoms with Crippen LogP contribution >= 0.6 is 35.0 Å². The van der Waals surface area contributed by atoms with E-state index < -0.39 is 11.1 Å². The van der Waals surface area contributed by atoms with Crippen molar-refractivity contribution in [2.24, 2.45) is 0 Å². The van der Waals surface area contributed by atoms with Crippen LogP contribution in [0.5, 0.6) is 11.5 Å². The van der Waals surface area contributed by atoms with E-state index >= 15 is 0 Å². The number of thioether (sulfide) groups is 1. The number of hydrogen-bond acceptors (Lipinski definition) is 6. The van der Waals surface area contributed by atoms with Gasteiger partial charge in [0.25, 0.3) is 17.1 Å². The molecule has 36 heavy (non-hydrogen) atoms. The van der Waals surface area contributed by atoms with Gasteiger partial charge in [0, 0.05) is 21.3 Å². The molecule has 0 unspecified atom stereocenters. The molecule has 184 valence electrons. The third-order valence-electron chi connectivity index (χ3n) is 4.95. The van der Waals surface area contributed by atoms with Crippen LogP contribution in [0, 0.1) is 0 Å². The van der Waals surface area contributed by atoms with E-state index in [9.17, 15) is 14.4 Å². The smallest absolute Gasteiger partial charge is 0.293 e. The van der Waals surface area contributed by atoms with Gasteiger partial charge in [-0.1, -0.05) is 41.4 Å². The Labute approximate surface area is 222 Å². The van der Waals surface area contributed by atoms with Gasteiger partial charge in [-0.05, 0) is 72.4 Å². The lowest BCUT2D eigenvalue weighted by atomic mass is 10.2. The van der Waals surface area contributed by atoms with E-state index in [0.717, 1.165) is 16.7 Å². The van der Waals surface area contributed by atoms with Gasteiger partial charge in [0.1, 0.15) is 18.1 Å². The highest BCUT2D eigenvalue weighted by Gasteiger charge is 2.35. The summed E-state index contributed by atoms with van der Waals surface area (Å²) in [6.07, 6.45) is 1.53. The molecule has 3 amide bonds. The lowest BCUT2D eigenvalue weighted by Gasteiger charge is -2.13. The molecule has 0 aliphatic carbocycles. The van der Waals surface area contributed by atoms with Gasteiger partial charge in [-0.2, -0.15) is 0 Å². The Morgan fingerprint density at radius 1 is 0.944 bits per heavy atom. The first-order valence-electron chi connectivity index (χ1n) is 10.8. The van der Waals surface area contributed by atoms with Crippen molar-refractivity contribution >= 4 is 63.8 Å². The minimum absolute atomic E-state index is 0.0865. The van der Waals surface area contributed by atoms with Crippen molar-refractivity contribution in [1.82, 2.24) is 4.90 Å². The van der Waals surface area contributed by atoms with Gasteiger partial charge < -0.3 is 14.8 Å². The number of carbonyl (C=O) groups excluding carboxylic acids is 3. The summed E-state index contributed by atoms with van der Waals surface area (Å²) in [6, 6.07) is 20.6. The first-order valence-corrected chi connectivity index (χ1v) is 12.4. The van der Waals surface area contributed by atoms with Crippen molar-refractivity contribution in [3.05, 3.63) is 93.3 Å². The fraction of sp³-hybridized carbons (Fsp3) is 0.115. The molecule has 7 nitrogen and oxygen atoms in total. The van der Waals surface area contributed by atoms with Crippen LogP contribution in [0.25, 0.3) is 6.08 Å². The van der Waals surface area contributed by atoms with Crippen LogP contribution in [0.4, 0.5) is 10.5 Å². The summed E-state index contributed by atoms with van der Waals surface area (Å²) < 4.78 is 11.3. The number of para-hydroxylation sites is 1. The molecule has 0 bridgehead atoms. The standard InChI is InChI=1S/C26H20Cl2N2O5S/c27-18-6-9-21(10-7-18)34-13-12-30-25(32)23(36-26(30)33)15-17-14-19(28)8-11-22(17)35-16-24(31)29-20-4-2-1-3-5-20/h1-11,14-15H,12-13,16H2,(H,29,31)/b23-15-. The van der Waals surface area contributed by atoms with Gasteiger partial charge in [0.15, 0.2) is 6.61 Å². The molecule has 1 saturated heterocycles. The predicted molar refractivity (Wildman–Crippen MR) is 142 cm³/mol. The third kappa shape index (κ3) is 6.81. The highest BCUT2D eigenvalue weighted by atomic mass is 35.5. The molecule has 1 heterocycles. The Balaban J connectivity index is 1.40. The molecule has 1 aliphatic rings. The summed E-state index contributed by atoms with van der Waals surface area (Å²) in [4.78, 5) is 38.9. The van der Waals surface area contributed by atoms with E-state index in [2.05, 4.69) is 5.32 Å². The molecule has 0 atom stereocenters. The van der Waals surface area contributed by atoms with Crippen molar-refractivity contribution in [3.63, 3.8) is 0 Å². The van der Waals surface area contributed by atoms with Crippen molar-refractivity contribution in [2.45, 2.75) is 0 Å². The Bertz CT molecular complexity index is 1300. The van der Waals surface area contributed by atoms with E-state index in [-0.39, 0.29) is 30.6 Å². The third-order valence-corrected chi connectivity index (χ3v) is 6.34. The predicted octanol–water partition coefficient (Wildman–Crippen LogP) is 6.13. The summed E-state index contributed by atoms with van der Waals surface area (Å²) in [5.41, 5.74) is 1.12. The molecule has 3 aromatic carbocycles. The molecule has 10 heteroatoms. The average molecular weight is 543 g/mol. The van der Waals surface area contributed by atoms with E-state index in [1.54, 1.807) is 54.6 Å². The van der Waals surface area contributed by atoms with Gasteiger partial charge in [0.2, 0.25) is 0 Å². The van der Waals surface area contributed by atoms with Crippen LogP contribution in [-0.4, -0.2) is 41.7 Å². The number of anilines is 1. The van der Waals surface area contributed by atoms with Crippen LogP contribution in [0.2, 0.25) is 10.0 Å². The van der Waals surface area contributed by atoms with E-state index in [1.165, 1.54) is 6.08 Å². The maximum Gasteiger partial charge on any atom is 0.293 e. The van der Waals surface area contributed by atoms with Gasteiger partial charge in [-0.25, -0.2) is 0 Å². The average Bonchev–Trinajstić information content (AvgIpc) is 3.12. The van der Waals surface area contributed by atoms with E-state index in [0.29, 0.717) is 32.8 Å². The second-order valence-electron chi connectivity index (χ2n) is 7.52. The molecule has 4 rings (SSSR count). The molecule has 0 spiro atoms. The molecule has 1 aliphatic heterocycles. The first-order chi connectivity index (χ1) is 17.4. The summed E-state index contributed by atoms with van der Waals surface area (Å²) >= 11 is 12.8. The summed E-state index contributed by atoms with van der Waals surface area (Å²) in [5, 5.41) is 3.33. The molecular formula is C26H20Cl2N2O5S. The number of nitrogens with one attached hydrogen (secondary N) is 1. The number of imide groups is 1. The monoisotopic (exact) mass is 542 g/mol. The minimum Gasteiger partial charge on any atom is -0.492 e. The second kappa shape index (κ2) is 12.0. The normalized spacial score (nSPS) is 14.3. The lowest BCUT2D eigenvalue weighted by molar-refractivity contribution is -0.123. The maximum absolute atomic E-state index is 12.9. The number of amides is 3. The Morgan fingerprint density at radius 3 is 2.42 bits per heavy atom. The fourth-order valence-corrected chi connectivity index (χ4v) is 4.41. The van der Waals surface area contributed by atoms with Crippen LogP contribution < -0.4 is 14.8 Å². The number of ether oxygens (including phenoxy) is 2. The largest absolute Gasteiger partial charge is 0.492 e. The fourth-order valence-electron chi connectivity index (χ4n) is 3.25. The minimum atomic E-state index is -0.447. The van der Waals surface area contributed by atoms with Gasteiger partial charge >= 0.3 is 0 Å². The summed E-state index contributed by atoms with van der Waals surface area (Å²) in [6.45, 7) is -0.0287. The highest BCUT2D eigenvalue weighted by Crippen LogP contribution is 2.34. The Kier molecular flexibility index (Phi) is 8.53. The van der Waals surface area contributed by atoms with Gasteiger partial charge in [-0.3, -0.25) is 19.3 Å². The zero-order chi connectivity index (χ0) is 25.5. The van der Waals surface area contributed by atoms with E-state index in [1.807, 2.05) is 18.2 Å². The molecule has 0 saturated carbocycles. The highest BCUT2D eigenvalue weighted by molar-refractivity contribution is 8.18. The number of nitrogens with zero attached hydrogens (tertiary/aromatic N) is 1. The van der Waals surface area contributed by atoms with Crippen LogP contribution in [0.1, 0.15) is 5.56 Å². The summed E-state index contributed by atoms with van der Waals surface area (Å²) in [5.74, 6) is 0.139. The van der Waals surface area contributed by atoms with Crippen LogP contribution in [0.15, 0.2) is 77.7 Å². The zero-order valence-corrected chi connectivity index (χ0v) is 21.1. The molecule has 3 aromatic rings. The molecule has 0 radical (unpaired) electrons. The summed E-state index contributed by atoms with van der Waals surface area (Å²) in [7, 11) is 0. The van der Waals surface area contributed by atoms with Crippen molar-refractivity contribution in [3.8, 4) is 11.5 Å². The van der Waals surface area contributed by atoms with Gasteiger partial charge in [0.05, 0.1) is 11.4 Å². The molecular weight excluding hydrogens is 523 g/mol. The number of carbonyl (C=O) groups is 3. The number of rotatable bonds is 9. The van der Waals surface area contributed by atoms with Crippen molar-refractivity contribution in [1.29, 1.82) is 0 Å². The Morgan fingerprint density at radius 2 is 1.67 bits per heavy atom. The van der Waals surface area contributed by atoms with Crippen LogP contribution in [0.3, 0.4) is 0 Å². The maximum atomic E-state index is 12.9. The topological polar surface area (TPSA) is 84.9 Å². The Hall–Kier alpha value is -3.46. The first kappa shape index (κ1) is 25.6. The van der Waals surface area contributed by atoms with Gasteiger partial charge in [-0.15, -0.1) is 0 Å². The quantitative estimate of drug-likeness (QED) is 0.327. The number of halogens is 2. The van der Waals surface area contributed by atoms with E-state index in [4.69, 9.17) is 32.7 Å². The van der Waals surface area contributed by atoms with Crippen LogP contribution in [-0.2, 0) is 9.59 Å². The number of hydrogen-bond donors (Lipinski definition) is 1. The molecule has 1 fully saturated rings. The second-order valence-corrected chi connectivity index (χ2v) is 9.39. The lowest BCUT2D eigenvalue weighted by Crippen LogP contribution is -2.32. The SMILES string of the molecule is O=C(COc1ccc(Cl)cc1/C=C1\SC(=O)N(CCOc2ccc(Cl)cc2)C1=O)Nc1ccccc1. The molecule has 1 N–H and O–H groups in total. The van der Waals surface area contributed by atoms with Crippen molar-refractivity contribution < 1.29 is 23.9 Å². The zero-order valence-electron chi connectivity index (χ0n) is 18.8. The number of benzene rings is 3.